The van der Waals surface area contributed by atoms with E-state index in [4.69, 9.17) is 4.74 Å². The third-order valence-corrected chi connectivity index (χ3v) is 3.86. The molecule has 0 aliphatic heterocycles. The summed E-state index contributed by atoms with van der Waals surface area (Å²) in [7, 11) is 1.91. The maximum absolute atomic E-state index is 11.8. The summed E-state index contributed by atoms with van der Waals surface area (Å²) in [5, 5.41) is 10.8. The number of carbonyl (C=O) groups is 1. The standard InChI is InChI=1S/C16H28N4O2/c1-16(2,3)22-15(21)17-11-12-7-5-6-8-13(12)18-14-9-10-20(4)19-14/h9-10,12-13H,5-8,11H2,1-4H3,(H,17,21)(H,18,19). The predicted octanol–water partition coefficient (Wildman–Crippen LogP) is 2.92. The second-order valence-electron chi connectivity index (χ2n) is 7.05. The van der Waals surface area contributed by atoms with Gasteiger partial charge in [-0.1, -0.05) is 12.8 Å². The minimum absolute atomic E-state index is 0.338. The monoisotopic (exact) mass is 308 g/mol. The van der Waals surface area contributed by atoms with Gasteiger partial charge < -0.3 is 15.4 Å². The SMILES string of the molecule is Cn1ccc(NC2CCCCC2CNC(=O)OC(C)(C)C)n1. The van der Waals surface area contributed by atoms with Crippen LogP contribution in [-0.2, 0) is 11.8 Å². The molecule has 1 aromatic heterocycles. The summed E-state index contributed by atoms with van der Waals surface area (Å²) >= 11 is 0. The van der Waals surface area contributed by atoms with Gasteiger partial charge in [0.1, 0.15) is 11.4 Å². The van der Waals surface area contributed by atoms with E-state index in [1.807, 2.05) is 40.1 Å². The van der Waals surface area contributed by atoms with E-state index in [1.165, 1.54) is 12.8 Å². The molecule has 2 atom stereocenters. The maximum Gasteiger partial charge on any atom is 0.407 e. The average Bonchev–Trinajstić information content (AvgIpc) is 2.81. The van der Waals surface area contributed by atoms with Crippen LogP contribution in [-0.4, -0.2) is 34.1 Å². The number of carbonyl (C=O) groups excluding carboxylic acids is 1. The van der Waals surface area contributed by atoms with Crippen LogP contribution in [0.1, 0.15) is 46.5 Å². The van der Waals surface area contributed by atoms with Crippen LogP contribution < -0.4 is 10.6 Å². The van der Waals surface area contributed by atoms with Crippen molar-refractivity contribution in [3.63, 3.8) is 0 Å². The summed E-state index contributed by atoms with van der Waals surface area (Å²) < 4.78 is 7.09. The van der Waals surface area contributed by atoms with Crippen LogP contribution >= 0.6 is 0 Å². The van der Waals surface area contributed by atoms with Gasteiger partial charge in [-0.15, -0.1) is 0 Å². The molecule has 124 valence electrons. The Bertz CT molecular complexity index is 493. The third kappa shape index (κ3) is 5.24. The Morgan fingerprint density at radius 3 is 2.77 bits per heavy atom. The lowest BCUT2D eigenvalue weighted by Crippen LogP contribution is -2.42. The van der Waals surface area contributed by atoms with E-state index < -0.39 is 5.60 Å². The Morgan fingerprint density at radius 1 is 1.41 bits per heavy atom. The highest BCUT2D eigenvalue weighted by Crippen LogP contribution is 2.26. The summed E-state index contributed by atoms with van der Waals surface area (Å²) in [5.41, 5.74) is -0.456. The van der Waals surface area contributed by atoms with Crippen LogP contribution in [0.4, 0.5) is 10.6 Å². The van der Waals surface area contributed by atoms with Gasteiger partial charge in [-0.25, -0.2) is 4.79 Å². The molecule has 2 unspecified atom stereocenters. The van der Waals surface area contributed by atoms with Gasteiger partial charge in [0.25, 0.3) is 0 Å². The molecule has 1 heterocycles. The van der Waals surface area contributed by atoms with Crippen molar-refractivity contribution in [2.75, 3.05) is 11.9 Å². The summed E-state index contributed by atoms with van der Waals surface area (Å²) in [6.45, 7) is 6.26. The largest absolute Gasteiger partial charge is 0.444 e. The highest BCUT2D eigenvalue weighted by Gasteiger charge is 2.26. The van der Waals surface area contributed by atoms with E-state index in [0.29, 0.717) is 18.5 Å². The molecule has 2 N–H and O–H groups in total. The van der Waals surface area contributed by atoms with Crippen LogP contribution in [0.5, 0.6) is 0 Å². The number of hydrogen-bond acceptors (Lipinski definition) is 4. The van der Waals surface area contributed by atoms with Crippen molar-refractivity contribution < 1.29 is 9.53 Å². The molecule has 1 amide bonds. The van der Waals surface area contributed by atoms with Gasteiger partial charge in [-0.3, -0.25) is 4.68 Å². The summed E-state index contributed by atoms with van der Waals surface area (Å²) in [6, 6.07) is 2.33. The van der Waals surface area contributed by atoms with E-state index in [1.54, 1.807) is 4.68 Å². The average molecular weight is 308 g/mol. The summed E-state index contributed by atoms with van der Waals surface area (Å²) in [6.07, 6.45) is 6.24. The zero-order valence-corrected chi connectivity index (χ0v) is 14.1. The number of nitrogens with one attached hydrogen (secondary N) is 2. The quantitative estimate of drug-likeness (QED) is 0.897. The fourth-order valence-corrected chi connectivity index (χ4v) is 2.85. The van der Waals surface area contributed by atoms with Gasteiger partial charge in [0, 0.05) is 31.9 Å². The number of aryl methyl sites for hydroxylation is 1. The molecule has 6 heteroatoms. The second-order valence-corrected chi connectivity index (χ2v) is 7.05. The lowest BCUT2D eigenvalue weighted by Gasteiger charge is -2.32. The van der Waals surface area contributed by atoms with Gasteiger partial charge in [0.2, 0.25) is 0 Å². The lowest BCUT2D eigenvalue weighted by molar-refractivity contribution is 0.0514. The zero-order valence-electron chi connectivity index (χ0n) is 14.1. The Morgan fingerprint density at radius 2 is 2.14 bits per heavy atom. The first-order chi connectivity index (χ1) is 10.3. The van der Waals surface area contributed by atoms with E-state index >= 15 is 0 Å². The zero-order chi connectivity index (χ0) is 16.2. The number of ether oxygens (including phenoxy) is 1. The Kier molecular flexibility index (Phi) is 5.32. The minimum atomic E-state index is -0.456. The van der Waals surface area contributed by atoms with Crippen LogP contribution in [0.3, 0.4) is 0 Å². The number of aromatic nitrogens is 2. The number of nitrogens with zero attached hydrogens (tertiary/aromatic N) is 2. The van der Waals surface area contributed by atoms with Crippen LogP contribution in [0, 0.1) is 5.92 Å². The fourth-order valence-electron chi connectivity index (χ4n) is 2.85. The van der Waals surface area contributed by atoms with Crippen molar-refractivity contribution in [1.29, 1.82) is 0 Å². The van der Waals surface area contributed by atoms with Crippen LogP contribution in [0.2, 0.25) is 0 Å². The maximum atomic E-state index is 11.8. The second kappa shape index (κ2) is 7.03. The predicted molar refractivity (Wildman–Crippen MR) is 86.8 cm³/mol. The number of amides is 1. The molecule has 1 fully saturated rings. The van der Waals surface area contributed by atoms with Crippen molar-refractivity contribution in [2.45, 2.75) is 58.1 Å². The van der Waals surface area contributed by atoms with Crippen LogP contribution in [0.25, 0.3) is 0 Å². The Hall–Kier alpha value is -1.72. The topological polar surface area (TPSA) is 68.2 Å². The Balaban J connectivity index is 1.85. The molecule has 1 saturated carbocycles. The van der Waals surface area contributed by atoms with Gasteiger partial charge in [0.15, 0.2) is 0 Å². The summed E-state index contributed by atoms with van der Waals surface area (Å²) in [5.74, 6) is 1.31. The molecule has 0 aromatic carbocycles. The Labute approximate surface area is 132 Å². The number of anilines is 1. The van der Waals surface area contributed by atoms with Gasteiger partial charge in [-0.05, 0) is 39.5 Å². The molecule has 0 radical (unpaired) electrons. The van der Waals surface area contributed by atoms with Crippen molar-refractivity contribution in [1.82, 2.24) is 15.1 Å². The molecule has 6 nitrogen and oxygen atoms in total. The van der Waals surface area contributed by atoms with Gasteiger partial charge in [0.05, 0.1) is 0 Å². The molecular weight excluding hydrogens is 280 g/mol. The molecular formula is C16H28N4O2. The number of hydrogen-bond donors (Lipinski definition) is 2. The molecule has 0 spiro atoms. The van der Waals surface area contributed by atoms with Crippen molar-refractivity contribution >= 4 is 11.9 Å². The molecule has 22 heavy (non-hydrogen) atoms. The number of alkyl carbamates (subject to hydrolysis) is 1. The molecule has 1 aliphatic carbocycles. The fraction of sp³-hybridized carbons (Fsp3) is 0.750. The highest BCUT2D eigenvalue weighted by atomic mass is 16.6. The molecule has 0 bridgehead atoms. The molecule has 1 aromatic rings. The van der Waals surface area contributed by atoms with Crippen LogP contribution in [0.15, 0.2) is 12.3 Å². The lowest BCUT2D eigenvalue weighted by atomic mass is 9.84. The molecule has 1 aliphatic rings. The molecule has 0 saturated heterocycles. The van der Waals surface area contributed by atoms with Gasteiger partial charge in [-0.2, -0.15) is 5.10 Å². The molecule has 2 rings (SSSR count). The first-order valence-corrected chi connectivity index (χ1v) is 8.06. The van der Waals surface area contributed by atoms with E-state index in [2.05, 4.69) is 15.7 Å². The highest BCUT2D eigenvalue weighted by molar-refractivity contribution is 5.67. The summed E-state index contributed by atoms with van der Waals surface area (Å²) in [4.78, 5) is 11.8. The third-order valence-electron chi connectivity index (χ3n) is 3.86. The van der Waals surface area contributed by atoms with E-state index in [9.17, 15) is 4.79 Å². The first-order valence-electron chi connectivity index (χ1n) is 8.06. The van der Waals surface area contributed by atoms with Crippen molar-refractivity contribution in [3.8, 4) is 0 Å². The number of rotatable bonds is 4. The normalized spacial score (nSPS) is 22.2. The van der Waals surface area contributed by atoms with Gasteiger partial charge >= 0.3 is 6.09 Å². The van der Waals surface area contributed by atoms with Crippen molar-refractivity contribution in [3.05, 3.63) is 12.3 Å². The minimum Gasteiger partial charge on any atom is -0.444 e. The van der Waals surface area contributed by atoms with Crippen molar-refractivity contribution in [2.24, 2.45) is 13.0 Å². The first kappa shape index (κ1) is 16.6. The van der Waals surface area contributed by atoms with E-state index in [-0.39, 0.29) is 6.09 Å². The van der Waals surface area contributed by atoms with E-state index in [0.717, 1.165) is 18.7 Å². The smallest absolute Gasteiger partial charge is 0.407 e.